The third-order valence-corrected chi connectivity index (χ3v) is 2.98. The highest BCUT2D eigenvalue weighted by Crippen LogP contribution is 2.25. The van der Waals surface area contributed by atoms with Gasteiger partial charge in [0.15, 0.2) is 11.6 Å². The first-order chi connectivity index (χ1) is 9.10. The van der Waals surface area contributed by atoms with E-state index in [0.717, 1.165) is 16.7 Å². The summed E-state index contributed by atoms with van der Waals surface area (Å²) in [6.07, 6.45) is -0.337. The fourth-order valence-electron chi connectivity index (χ4n) is 1.98. The number of nitrogens with two attached hydrogens (primary N) is 1. The van der Waals surface area contributed by atoms with Crippen molar-refractivity contribution in [3.8, 4) is 5.75 Å². The molecule has 0 saturated carbocycles. The molecule has 0 aliphatic rings. The molecular weight excluding hydrogens is 241 g/mol. The quantitative estimate of drug-likeness (QED) is 0.911. The summed E-state index contributed by atoms with van der Waals surface area (Å²) < 4.78 is 19.4. The van der Waals surface area contributed by atoms with Crippen molar-refractivity contribution in [2.75, 3.05) is 6.54 Å². The van der Waals surface area contributed by atoms with Crippen LogP contribution in [-0.4, -0.2) is 6.54 Å². The molecule has 2 N–H and O–H groups in total. The Hall–Kier alpha value is -1.87. The van der Waals surface area contributed by atoms with E-state index in [2.05, 4.69) is 0 Å². The zero-order chi connectivity index (χ0) is 13.8. The summed E-state index contributed by atoms with van der Waals surface area (Å²) in [6.45, 7) is 4.21. The Morgan fingerprint density at radius 2 is 1.84 bits per heavy atom. The molecule has 0 fully saturated rings. The number of hydrogen-bond acceptors (Lipinski definition) is 2. The van der Waals surface area contributed by atoms with Crippen LogP contribution >= 0.6 is 0 Å². The van der Waals surface area contributed by atoms with E-state index in [-0.39, 0.29) is 17.7 Å². The molecule has 0 aromatic heterocycles. The Morgan fingerprint density at radius 1 is 1.11 bits per heavy atom. The van der Waals surface area contributed by atoms with Gasteiger partial charge in [-0.15, -0.1) is 0 Å². The van der Waals surface area contributed by atoms with Crippen molar-refractivity contribution < 1.29 is 9.13 Å². The van der Waals surface area contributed by atoms with Gasteiger partial charge in [-0.25, -0.2) is 4.39 Å². The monoisotopic (exact) mass is 259 g/mol. The zero-order valence-electron chi connectivity index (χ0n) is 11.2. The van der Waals surface area contributed by atoms with Gasteiger partial charge in [-0.1, -0.05) is 35.9 Å². The molecule has 19 heavy (non-hydrogen) atoms. The van der Waals surface area contributed by atoms with E-state index in [4.69, 9.17) is 10.5 Å². The van der Waals surface area contributed by atoms with E-state index >= 15 is 0 Å². The van der Waals surface area contributed by atoms with E-state index in [0.29, 0.717) is 6.54 Å². The molecule has 2 aromatic rings. The summed E-state index contributed by atoms with van der Waals surface area (Å²) in [5.41, 5.74) is 8.79. The average molecular weight is 259 g/mol. The number of halogens is 1. The second-order valence-corrected chi connectivity index (χ2v) is 4.69. The average Bonchev–Trinajstić information content (AvgIpc) is 2.39. The highest BCUT2D eigenvalue weighted by atomic mass is 19.1. The Morgan fingerprint density at radius 3 is 2.53 bits per heavy atom. The standard InChI is InChI=1S/C16H18FNO/c1-11-4-3-5-13(8-11)16(10-18)19-15-9-12(2)6-7-14(15)17/h3-9,16H,10,18H2,1-2H3. The first kappa shape index (κ1) is 13.6. The van der Waals surface area contributed by atoms with E-state index in [9.17, 15) is 4.39 Å². The molecule has 2 nitrogen and oxygen atoms in total. The highest BCUT2D eigenvalue weighted by Gasteiger charge is 2.14. The van der Waals surface area contributed by atoms with Gasteiger partial charge in [0.1, 0.15) is 6.10 Å². The number of aryl methyl sites for hydroxylation is 2. The summed E-state index contributed by atoms with van der Waals surface area (Å²) in [5, 5.41) is 0. The van der Waals surface area contributed by atoms with Crippen LogP contribution in [0.15, 0.2) is 42.5 Å². The predicted molar refractivity (Wildman–Crippen MR) is 74.7 cm³/mol. The Kier molecular flexibility index (Phi) is 4.17. The van der Waals surface area contributed by atoms with Crippen molar-refractivity contribution in [1.29, 1.82) is 0 Å². The molecule has 100 valence electrons. The summed E-state index contributed by atoms with van der Waals surface area (Å²) in [4.78, 5) is 0. The zero-order valence-corrected chi connectivity index (χ0v) is 11.2. The smallest absolute Gasteiger partial charge is 0.165 e. The van der Waals surface area contributed by atoms with Crippen LogP contribution in [0.3, 0.4) is 0 Å². The maximum Gasteiger partial charge on any atom is 0.165 e. The van der Waals surface area contributed by atoms with Crippen LogP contribution < -0.4 is 10.5 Å². The van der Waals surface area contributed by atoms with E-state index in [1.54, 1.807) is 12.1 Å². The third-order valence-electron chi connectivity index (χ3n) is 2.98. The SMILES string of the molecule is Cc1cccc(C(CN)Oc2cc(C)ccc2F)c1. The van der Waals surface area contributed by atoms with Crippen LogP contribution in [0.25, 0.3) is 0 Å². The molecule has 3 heteroatoms. The van der Waals surface area contributed by atoms with Crippen LogP contribution in [0.1, 0.15) is 22.8 Å². The van der Waals surface area contributed by atoms with Crippen LogP contribution in [0.5, 0.6) is 5.75 Å². The molecule has 0 aliphatic heterocycles. The van der Waals surface area contributed by atoms with Crippen molar-refractivity contribution in [2.45, 2.75) is 20.0 Å². The van der Waals surface area contributed by atoms with Crippen molar-refractivity contribution >= 4 is 0 Å². The number of benzene rings is 2. The van der Waals surface area contributed by atoms with Crippen LogP contribution in [0.4, 0.5) is 4.39 Å². The maximum absolute atomic E-state index is 13.7. The molecule has 0 aliphatic carbocycles. The number of ether oxygens (including phenoxy) is 1. The van der Waals surface area contributed by atoms with Crippen LogP contribution in [0, 0.1) is 19.7 Å². The predicted octanol–water partition coefficient (Wildman–Crippen LogP) is 3.52. The van der Waals surface area contributed by atoms with Crippen molar-refractivity contribution in [1.82, 2.24) is 0 Å². The lowest BCUT2D eigenvalue weighted by Gasteiger charge is -2.19. The Labute approximate surface area is 113 Å². The first-order valence-corrected chi connectivity index (χ1v) is 6.29. The first-order valence-electron chi connectivity index (χ1n) is 6.29. The fraction of sp³-hybridized carbons (Fsp3) is 0.250. The number of rotatable bonds is 4. The van der Waals surface area contributed by atoms with Gasteiger partial charge in [0.2, 0.25) is 0 Å². The van der Waals surface area contributed by atoms with Gasteiger partial charge in [-0.05, 0) is 37.1 Å². The van der Waals surface area contributed by atoms with Gasteiger partial charge in [-0.2, -0.15) is 0 Å². The second kappa shape index (κ2) is 5.85. The molecule has 1 atom stereocenters. The molecular formula is C16H18FNO. The van der Waals surface area contributed by atoms with Gasteiger partial charge in [0.05, 0.1) is 0 Å². The summed E-state index contributed by atoms with van der Waals surface area (Å²) in [5.74, 6) is -0.117. The summed E-state index contributed by atoms with van der Waals surface area (Å²) >= 11 is 0. The molecule has 0 spiro atoms. The largest absolute Gasteiger partial charge is 0.481 e. The molecule has 0 heterocycles. The van der Waals surface area contributed by atoms with Crippen molar-refractivity contribution in [2.24, 2.45) is 5.73 Å². The van der Waals surface area contributed by atoms with E-state index in [1.165, 1.54) is 6.07 Å². The minimum Gasteiger partial charge on any atom is -0.481 e. The molecule has 0 bridgehead atoms. The molecule has 2 aromatic carbocycles. The Balaban J connectivity index is 2.26. The minimum atomic E-state index is -0.364. The molecule has 0 radical (unpaired) electrons. The van der Waals surface area contributed by atoms with E-state index < -0.39 is 0 Å². The van der Waals surface area contributed by atoms with Crippen molar-refractivity contribution in [3.63, 3.8) is 0 Å². The molecule has 1 unspecified atom stereocenters. The lowest BCUT2D eigenvalue weighted by Crippen LogP contribution is -2.19. The highest BCUT2D eigenvalue weighted by molar-refractivity contribution is 5.31. The topological polar surface area (TPSA) is 35.2 Å². The fourth-order valence-corrected chi connectivity index (χ4v) is 1.98. The van der Waals surface area contributed by atoms with Gasteiger partial charge in [-0.3, -0.25) is 0 Å². The van der Waals surface area contributed by atoms with Crippen molar-refractivity contribution in [3.05, 3.63) is 65.0 Å². The Bertz CT molecular complexity index is 568. The second-order valence-electron chi connectivity index (χ2n) is 4.69. The van der Waals surface area contributed by atoms with Gasteiger partial charge in [0.25, 0.3) is 0 Å². The molecule has 0 amide bonds. The maximum atomic E-state index is 13.7. The third kappa shape index (κ3) is 3.32. The normalized spacial score (nSPS) is 12.2. The van der Waals surface area contributed by atoms with Gasteiger partial charge < -0.3 is 10.5 Å². The van der Waals surface area contributed by atoms with Gasteiger partial charge in [0, 0.05) is 6.54 Å². The van der Waals surface area contributed by atoms with Crippen LogP contribution in [0.2, 0.25) is 0 Å². The minimum absolute atomic E-state index is 0.247. The van der Waals surface area contributed by atoms with E-state index in [1.807, 2.05) is 38.1 Å². The number of hydrogen-bond donors (Lipinski definition) is 1. The van der Waals surface area contributed by atoms with Gasteiger partial charge >= 0.3 is 0 Å². The lowest BCUT2D eigenvalue weighted by molar-refractivity contribution is 0.204. The van der Waals surface area contributed by atoms with Crippen LogP contribution in [-0.2, 0) is 0 Å². The lowest BCUT2D eigenvalue weighted by atomic mass is 10.1. The molecule has 0 saturated heterocycles. The summed E-state index contributed by atoms with van der Waals surface area (Å²) in [7, 11) is 0. The molecule has 2 rings (SSSR count). The summed E-state index contributed by atoms with van der Waals surface area (Å²) in [6, 6.07) is 12.7.